The number of hydrogen-bond donors (Lipinski definition) is 0. The predicted molar refractivity (Wildman–Crippen MR) is 254 cm³/mol. The molecule has 0 aliphatic carbocycles. The van der Waals surface area contributed by atoms with Crippen molar-refractivity contribution < 1.29 is 0 Å². The van der Waals surface area contributed by atoms with Gasteiger partial charge in [-0.25, -0.2) is 0 Å². The second kappa shape index (κ2) is 14.3. The first-order valence-corrected chi connectivity index (χ1v) is 20.7. The Morgan fingerprint density at radius 1 is 0.295 bits per heavy atom. The molecule has 0 bridgehead atoms. The van der Waals surface area contributed by atoms with Crippen LogP contribution in [0.25, 0.3) is 115 Å². The van der Waals surface area contributed by atoms with E-state index in [2.05, 4.69) is 199 Å². The molecule has 0 fully saturated rings. The lowest BCUT2D eigenvalue weighted by Crippen LogP contribution is -1.98. The Morgan fingerprint density at radius 2 is 0.689 bits per heavy atom. The summed E-state index contributed by atoms with van der Waals surface area (Å²) in [6.45, 7) is 0. The molecule has 0 aliphatic rings. The minimum atomic E-state index is 0.825. The van der Waals surface area contributed by atoms with Crippen molar-refractivity contribution in [2.45, 2.75) is 0 Å². The summed E-state index contributed by atoms with van der Waals surface area (Å²) < 4.78 is 0. The highest BCUT2D eigenvalue weighted by molar-refractivity contribution is 6.25. The third-order valence-electron chi connectivity index (χ3n) is 12.1. The van der Waals surface area contributed by atoms with E-state index >= 15 is 0 Å². The molecule has 4 heteroatoms. The lowest BCUT2D eigenvalue weighted by Gasteiger charge is -2.20. The highest BCUT2D eigenvalue weighted by Crippen LogP contribution is 2.48. The molecule has 61 heavy (non-hydrogen) atoms. The van der Waals surface area contributed by atoms with Crippen LogP contribution in [0.4, 0.5) is 0 Å². The lowest BCUT2D eigenvalue weighted by molar-refractivity contribution is 0.766. The second-order valence-corrected chi connectivity index (χ2v) is 15.6. The van der Waals surface area contributed by atoms with Gasteiger partial charge in [-0.05, 0) is 130 Å². The molecule has 2 aromatic heterocycles. The largest absolute Gasteiger partial charge is 0.265 e. The molecule has 0 radical (unpaired) electrons. The van der Waals surface area contributed by atoms with E-state index in [0.29, 0.717) is 0 Å². The van der Waals surface area contributed by atoms with Crippen molar-refractivity contribution in [1.29, 1.82) is 0 Å². The van der Waals surface area contributed by atoms with Crippen LogP contribution in [0.3, 0.4) is 0 Å². The van der Waals surface area contributed by atoms with Gasteiger partial charge in [0, 0.05) is 18.0 Å². The summed E-state index contributed by atoms with van der Waals surface area (Å²) in [7, 11) is 0. The number of benzene rings is 10. The van der Waals surface area contributed by atoms with Gasteiger partial charge in [0.15, 0.2) is 0 Å². The van der Waals surface area contributed by atoms with Crippen molar-refractivity contribution in [2.75, 3.05) is 0 Å². The fourth-order valence-corrected chi connectivity index (χ4v) is 9.49. The summed E-state index contributed by atoms with van der Waals surface area (Å²) in [6, 6.07) is 74.0. The number of nitrogens with zero attached hydrogens (tertiary/aromatic N) is 4. The van der Waals surface area contributed by atoms with Gasteiger partial charge in [-0.1, -0.05) is 170 Å². The maximum atomic E-state index is 5.36. The molecule has 12 rings (SSSR count). The van der Waals surface area contributed by atoms with Gasteiger partial charge >= 0.3 is 0 Å². The summed E-state index contributed by atoms with van der Waals surface area (Å²) in [5.74, 6) is 0. The molecule has 12 aromatic rings. The predicted octanol–water partition coefficient (Wildman–Crippen LogP) is 14.8. The van der Waals surface area contributed by atoms with E-state index < -0.39 is 0 Å². The molecule has 4 nitrogen and oxygen atoms in total. The van der Waals surface area contributed by atoms with Gasteiger partial charge in [-0.2, -0.15) is 4.80 Å². The average molecular weight is 777 g/mol. The highest BCUT2D eigenvalue weighted by Gasteiger charge is 2.23. The molecule has 0 unspecified atom stereocenters. The van der Waals surface area contributed by atoms with E-state index in [1.165, 1.54) is 70.9 Å². The molecular weight excluding hydrogens is 741 g/mol. The number of hydrogen-bond acceptors (Lipinski definition) is 3. The molecule has 0 saturated heterocycles. The Morgan fingerprint density at radius 3 is 1.15 bits per heavy atom. The topological polar surface area (TPSA) is 43.6 Å². The fraction of sp³-hybridized carbons (Fsp3) is 0. The molecular formula is C57H36N4. The molecule has 2 heterocycles. The van der Waals surface area contributed by atoms with Gasteiger partial charge in [0.25, 0.3) is 0 Å². The summed E-state index contributed by atoms with van der Waals surface area (Å²) in [5.41, 5.74) is 14.1. The first-order chi connectivity index (χ1) is 30.3. The van der Waals surface area contributed by atoms with E-state index in [1.807, 2.05) is 24.5 Å². The van der Waals surface area contributed by atoms with Crippen LogP contribution >= 0.6 is 0 Å². The maximum absolute atomic E-state index is 5.36. The summed E-state index contributed by atoms with van der Waals surface area (Å²) in [5, 5.41) is 20.2. The third kappa shape index (κ3) is 5.72. The van der Waals surface area contributed by atoms with Crippen LogP contribution in [-0.2, 0) is 0 Å². The van der Waals surface area contributed by atoms with Crippen LogP contribution in [0.2, 0.25) is 0 Å². The van der Waals surface area contributed by atoms with Crippen LogP contribution < -0.4 is 0 Å². The Kier molecular flexibility index (Phi) is 8.13. The summed E-state index contributed by atoms with van der Waals surface area (Å²) >= 11 is 0. The van der Waals surface area contributed by atoms with Crippen molar-refractivity contribution in [3.8, 4) is 61.3 Å². The quantitative estimate of drug-likeness (QED) is 0.158. The minimum absolute atomic E-state index is 0.825. The Hall–Kier alpha value is -8.21. The van der Waals surface area contributed by atoms with Crippen LogP contribution in [0.5, 0.6) is 0 Å². The fourth-order valence-electron chi connectivity index (χ4n) is 9.49. The molecule has 284 valence electrons. The van der Waals surface area contributed by atoms with Gasteiger partial charge in [-0.3, -0.25) is 4.98 Å². The molecule has 0 spiro atoms. The first-order valence-electron chi connectivity index (χ1n) is 20.7. The number of rotatable bonds is 6. The van der Waals surface area contributed by atoms with Crippen LogP contribution in [0, 0.1) is 0 Å². The van der Waals surface area contributed by atoms with Crippen molar-refractivity contribution >= 4 is 54.1 Å². The standard InChI is InChI=1S/C57H36N4/c1-3-15-39(16-4-1)53-43-19-7-9-21-45(43)55(46-22-10-8-20-44(46)53)41-35-51(57-52(36-41)59-61(60-57)42-29-27-37(28-30-42)38-31-33-58-34-32-38)56-49-25-13-11-23-47(49)54(40-17-5-2-6-18-40)48-24-12-14-26-50(48)56/h1-36H. The Labute approximate surface area is 352 Å². The average Bonchev–Trinajstić information content (AvgIpc) is 3.78. The molecule has 0 aliphatic heterocycles. The third-order valence-corrected chi connectivity index (χ3v) is 12.1. The van der Waals surface area contributed by atoms with Crippen molar-refractivity contribution in [1.82, 2.24) is 20.0 Å². The van der Waals surface area contributed by atoms with Gasteiger partial charge < -0.3 is 0 Å². The zero-order valence-corrected chi connectivity index (χ0v) is 33.1. The SMILES string of the molecule is c1ccc(-c2c3ccccc3c(-c3cc(-c4c5ccccc5c(-c5ccccc5)c5ccccc45)c4nn(-c5ccc(-c6ccncc6)cc5)nc4c3)c3ccccc23)cc1. The van der Waals surface area contributed by atoms with E-state index in [1.54, 1.807) is 4.80 Å². The second-order valence-electron chi connectivity index (χ2n) is 15.6. The van der Waals surface area contributed by atoms with Gasteiger partial charge in [0.1, 0.15) is 11.0 Å². The zero-order chi connectivity index (χ0) is 40.3. The maximum Gasteiger partial charge on any atom is 0.121 e. The smallest absolute Gasteiger partial charge is 0.121 e. The van der Waals surface area contributed by atoms with Crippen molar-refractivity contribution in [3.63, 3.8) is 0 Å². The van der Waals surface area contributed by atoms with Gasteiger partial charge in [0.05, 0.1) is 5.69 Å². The van der Waals surface area contributed by atoms with E-state index in [0.717, 1.165) is 44.5 Å². The summed E-state index contributed by atoms with van der Waals surface area (Å²) in [4.78, 5) is 6.01. The highest BCUT2D eigenvalue weighted by atomic mass is 15.5. The minimum Gasteiger partial charge on any atom is -0.265 e. The van der Waals surface area contributed by atoms with E-state index in [4.69, 9.17) is 10.2 Å². The van der Waals surface area contributed by atoms with E-state index in [9.17, 15) is 0 Å². The summed E-state index contributed by atoms with van der Waals surface area (Å²) in [6.07, 6.45) is 3.65. The molecule has 0 atom stereocenters. The zero-order valence-electron chi connectivity index (χ0n) is 33.1. The van der Waals surface area contributed by atoms with E-state index in [-0.39, 0.29) is 0 Å². The van der Waals surface area contributed by atoms with Crippen LogP contribution in [0.15, 0.2) is 219 Å². The van der Waals surface area contributed by atoms with Crippen LogP contribution in [-0.4, -0.2) is 20.0 Å². The number of pyridine rings is 1. The Balaban J connectivity index is 1.19. The van der Waals surface area contributed by atoms with Crippen molar-refractivity contribution in [2.24, 2.45) is 0 Å². The molecule has 10 aromatic carbocycles. The normalized spacial score (nSPS) is 11.6. The number of fused-ring (bicyclic) bond motifs is 5. The first kappa shape index (κ1) is 34.8. The lowest BCUT2D eigenvalue weighted by atomic mass is 9.83. The van der Waals surface area contributed by atoms with Crippen molar-refractivity contribution in [3.05, 3.63) is 219 Å². The molecule has 0 saturated carbocycles. The Bertz CT molecular complexity index is 3500. The molecule has 0 N–H and O–H groups in total. The van der Waals surface area contributed by atoms with Gasteiger partial charge in [0.2, 0.25) is 0 Å². The monoisotopic (exact) mass is 776 g/mol. The van der Waals surface area contributed by atoms with Crippen LogP contribution in [0.1, 0.15) is 0 Å². The molecule has 0 amide bonds. The number of aromatic nitrogens is 4. The van der Waals surface area contributed by atoms with Gasteiger partial charge in [-0.15, -0.1) is 10.2 Å².